The van der Waals surface area contributed by atoms with Gasteiger partial charge in [-0.15, -0.1) is 0 Å². The average Bonchev–Trinajstić information content (AvgIpc) is 2.99. The molecule has 0 unspecified atom stereocenters. The molecule has 1 aliphatic heterocycles. The smallest absolute Gasteiger partial charge is 0.328 e. The molecule has 3 aromatic rings. The Hall–Kier alpha value is -4.64. The molecule has 5 rings (SSSR count). The molecule has 0 atom stereocenters. The first-order chi connectivity index (χ1) is 19.8. The van der Waals surface area contributed by atoms with Crippen molar-refractivity contribution in [1.29, 1.82) is 0 Å². The van der Waals surface area contributed by atoms with Crippen molar-refractivity contribution in [1.82, 2.24) is 10.3 Å². The van der Waals surface area contributed by atoms with Crippen LogP contribution >= 0.6 is 0 Å². The minimum atomic E-state index is -1.26. The van der Waals surface area contributed by atoms with Gasteiger partial charge in [-0.05, 0) is 67.6 Å². The van der Waals surface area contributed by atoms with Gasteiger partial charge < -0.3 is 35.1 Å². The lowest BCUT2D eigenvalue weighted by Crippen LogP contribution is -2.36. The number of pyridine rings is 1. The second-order valence-corrected chi connectivity index (χ2v) is 9.65. The van der Waals surface area contributed by atoms with Gasteiger partial charge in [0, 0.05) is 42.2 Å². The Bertz CT molecular complexity index is 1400. The maximum Gasteiger partial charge on any atom is 0.328 e. The van der Waals surface area contributed by atoms with E-state index >= 15 is 0 Å². The number of ether oxygens (including phenoxy) is 3. The van der Waals surface area contributed by atoms with Crippen LogP contribution in [0, 0.1) is 5.92 Å². The fourth-order valence-corrected chi connectivity index (χ4v) is 4.76. The summed E-state index contributed by atoms with van der Waals surface area (Å²) in [7, 11) is 1.63. The second-order valence-electron chi connectivity index (χ2n) is 9.65. The number of carbonyl (C=O) groups excluding carboxylic acids is 1. The largest absolute Gasteiger partial charge is 0.497 e. The summed E-state index contributed by atoms with van der Waals surface area (Å²) in [6, 6.07) is 14.1. The molecule has 2 aromatic carbocycles. The Morgan fingerprint density at radius 2 is 1.66 bits per heavy atom. The highest BCUT2D eigenvalue weighted by Crippen LogP contribution is 2.32. The van der Waals surface area contributed by atoms with Crippen molar-refractivity contribution < 1.29 is 38.8 Å². The third-order valence-corrected chi connectivity index (χ3v) is 6.87. The molecule has 0 bridgehead atoms. The number of hydrogen-bond acceptors (Lipinski definition) is 8. The average molecular weight is 564 g/mol. The summed E-state index contributed by atoms with van der Waals surface area (Å²) in [5.41, 5.74) is 2.79. The topological polar surface area (TPSA) is 156 Å². The van der Waals surface area contributed by atoms with Gasteiger partial charge in [-0.25, -0.2) is 9.59 Å². The standard InChI is InChI=1S/C26H29N3O4.C4H4O4/c1-31-20-7-8-22-21(15-20)23(10-11-27-22)29-26(30)18-3-5-19(6-4-18)28-16-17-2-9-24-25(14-17)33-13-12-32-24;5-3(6)1-2-4(7)8/h2,7-11,14-15,18-19,28H,3-6,12-13,16H2,1H3,(H,27,29,30);1-2H,(H,5,6)(H,7,8)/b;2-1+. The number of fused-ring (bicyclic) bond motifs is 2. The van der Waals surface area contributed by atoms with Gasteiger partial charge in [-0.1, -0.05) is 6.07 Å². The Morgan fingerprint density at radius 1 is 0.951 bits per heavy atom. The quantitative estimate of drug-likeness (QED) is 0.295. The number of rotatable bonds is 8. The summed E-state index contributed by atoms with van der Waals surface area (Å²) >= 11 is 0. The van der Waals surface area contributed by atoms with E-state index in [9.17, 15) is 14.4 Å². The van der Waals surface area contributed by atoms with E-state index in [1.807, 2.05) is 30.3 Å². The fraction of sp³-hybridized carbons (Fsp3) is 0.333. The summed E-state index contributed by atoms with van der Waals surface area (Å²) in [4.78, 5) is 36.5. The minimum absolute atomic E-state index is 0.0196. The summed E-state index contributed by atoms with van der Waals surface area (Å²) in [6.45, 7) is 1.98. The van der Waals surface area contributed by atoms with Crippen LogP contribution in [-0.4, -0.2) is 59.4 Å². The SMILES string of the molecule is COc1ccc2nccc(NC(=O)C3CCC(NCc4ccc5c(c4)OCCO5)CC3)c2c1.O=C(O)/C=C/C(=O)O. The molecule has 2 heterocycles. The zero-order valence-electron chi connectivity index (χ0n) is 22.7. The normalized spacial score (nSPS) is 17.8. The van der Waals surface area contributed by atoms with Crippen LogP contribution in [0.1, 0.15) is 31.2 Å². The van der Waals surface area contributed by atoms with Crippen LogP contribution in [0.4, 0.5) is 5.69 Å². The zero-order chi connectivity index (χ0) is 29.2. The van der Waals surface area contributed by atoms with Gasteiger partial charge in [-0.3, -0.25) is 9.78 Å². The van der Waals surface area contributed by atoms with E-state index < -0.39 is 11.9 Å². The van der Waals surface area contributed by atoms with E-state index in [-0.39, 0.29) is 11.8 Å². The first kappa shape index (κ1) is 29.3. The van der Waals surface area contributed by atoms with E-state index in [0.717, 1.165) is 66.1 Å². The molecule has 11 nitrogen and oxygen atoms in total. The van der Waals surface area contributed by atoms with Crippen molar-refractivity contribution in [3.05, 3.63) is 66.4 Å². The molecule has 0 radical (unpaired) electrons. The van der Waals surface area contributed by atoms with E-state index in [2.05, 4.69) is 27.8 Å². The van der Waals surface area contributed by atoms with Crippen LogP contribution in [0.15, 0.2) is 60.8 Å². The van der Waals surface area contributed by atoms with Gasteiger partial charge in [0.1, 0.15) is 19.0 Å². The maximum absolute atomic E-state index is 13.0. The van der Waals surface area contributed by atoms with Crippen molar-refractivity contribution in [3.63, 3.8) is 0 Å². The number of nitrogens with zero attached hydrogens (tertiary/aromatic N) is 1. The Balaban J connectivity index is 0.000000426. The highest BCUT2D eigenvalue weighted by Gasteiger charge is 2.26. The molecule has 1 saturated carbocycles. The zero-order valence-corrected chi connectivity index (χ0v) is 22.7. The molecule has 216 valence electrons. The predicted octanol–water partition coefficient (Wildman–Crippen LogP) is 4.01. The molecule has 2 aliphatic rings. The van der Waals surface area contributed by atoms with Crippen LogP contribution in [0.2, 0.25) is 0 Å². The predicted molar refractivity (Wildman–Crippen MR) is 151 cm³/mol. The summed E-state index contributed by atoms with van der Waals surface area (Å²) in [5.74, 6) is -0.0312. The second kappa shape index (κ2) is 14.1. The number of anilines is 1. The Kier molecular flexibility index (Phi) is 10.1. The monoisotopic (exact) mass is 563 g/mol. The van der Waals surface area contributed by atoms with Crippen LogP contribution in [0.25, 0.3) is 10.9 Å². The molecular weight excluding hydrogens is 530 g/mol. The molecule has 1 aromatic heterocycles. The number of carboxylic acid groups (broad SMARTS) is 2. The van der Waals surface area contributed by atoms with Crippen LogP contribution in [0.5, 0.6) is 17.2 Å². The van der Waals surface area contributed by atoms with Crippen LogP contribution in [-0.2, 0) is 20.9 Å². The summed E-state index contributed by atoms with van der Waals surface area (Å²) in [6.07, 6.45) is 6.54. The molecule has 1 fully saturated rings. The van der Waals surface area contributed by atoms with Crippen molar-refractivity contribution in [2.45, 2.75) is 38.3 Å². The molecule has 1 amide bonds. The van der Waals surface area contributed by atoms with Crippen LogP contribution < -0.4 is 24.8 Å². The van der Waals surface area contributed by atoms with E-state index in [1.54, 1.807) is 13.3 Å². The molecule has 0 spiro atoms. The van der Waals surface area contributed by atoms with E-state index in [0.29, 0.717) is 31.4 Å². The molecular formula is C30H33N3O8. The lowest BCUT2D eigenvalue weighted by Gasteiger charge is -2.29. The fourth-order valence-electron chi connectivity index (χ4n) is 4.76. The number of nitrogens with one attached hydrogen (secondary N) is 2. The lowest BCUT2D eigenvalue weighted by atomic mass is 9.85. The third-order valence-electron chi connectivity index (χ3n) is 6.87. The lowest BCUT2D eigenvalue weighted by molar-refractivity contribution is -0.134. The van der Waals surface area contributed by atoms with Crippen molar-refractivity contribution >= 4 is 34.4 Å². The first-order valence-electron chi connectivity index (χ1n) is 13.3. The molecule has 4 N–H and O–H groups in total. The number of amides is 1. The molecule has 11 heteroatoms. The summed E-state index contributed by atoms with van der Waals surface area (Å²) < 4.78 is 16.6. The first-order valence-corrected chi connectivity index (χ1v) is 13.3. The summed E-state index contributed by atoms with van der Waals surface area (Å²) in [5, 5.41) is 23.3. The molecule has 0 saturated heterocycles. The molecule has 1 aliphatic carbocycles. The Morgan fingerprint density at radius 3 is 2.34 bits per heavy atom. The van der Waals surface area contributed by atoms with Gasteiger partial charge in [0.25, 0.3) is 0 Å². The van der Waals surface area contributed by atoms with Gasteiger partial charge >= 0.3 is 11.9 Å². The number of methoxy groups -OCH3 is 1. The van der Waals surface area contributed by atoms with Gasteiger partial charge in [0.05, 0.1) is 18.3 Å². The van der Waals surface area contributed by atoms with Gasteiger partial charge in [0.15, 0.2) is 11.5 Å². The van der Waals surface area contributed by atoms with Gasteiger partial charge in [0.2, 0.25) is 5.91 Å². The van der Waals surface area contributed by atoms with E-state index in [1.165, 1.54) is 5.56 Å². The minimum Gasteiger partial charge on any atom is -0.497 e. The number of carboxylic acids is 2. The highest BCUT2D eigenvalue weighted by molar-refractivity contribution is 6.02. The number of carbonyl (C=O) groups is 3. The van der Waals surface area contributed by atoms with Crippen molar-refractivity contribution in [2.75, 3.05) is 25.6 Å². The number of aliphatic carboxylic acids is 2. The van der Waals surface area contributed by atoms with E-state index in [4.69, 9.17) is 24.4 Å². The molecule has 41 heavy (non-hydrogen) atoms. The van der Waals surface area contributed by atoms with Gasteiger partial charge in [-0.2, -0.15) is 0 Å². The number of hydrogen-bond donors (Lipinski definition) is 4. The third kappa shape index (κ3) is 8.42. The number of benzene rings is 2. The highest BCUT2D eigenvalue weighted by atomic mass is 16.6. The number of aromatic nitrogens is 1. The Labute approximate surface area is 237 Å². The maximum atomic E-state index is 13.0. The van der Waals surface area contributed by atoms with Crippen molar-refractivity contribution in [2.24, 2.45) is 5.92 Å². The van der Waals surface area contributed by atoms with Crippen LogP contribution in [0.3, 0.4) is 0 Å². The van der Waals surface area contributed by atoms with Crippen molar-refractivity contribution in [3.8, 4) is 17.2 Å².